The number of nitrogens with zero attached hydrogens (tertiary/aromatic N) is 1. The van der Waals surface area contributed by atoms with E-state index in [9.17, 15) is 17.6 Å². The lowest BCUT2D eigenvalue weighted by atomic mass is 10.1. The van der Waals surface area contributed by atoms with Gasteiger partial charge in [-0.05, 0) is 52.7 Å². The number of pyridine rings is 1. The van der Waals surface area contributed by atoms with Crippen molar-refractivity contribution in [2.45, 2.75) is 19.1 Å². The first-order valence-electron chi connectivity index (χ1n) is 6.01. The van der Waals surface area contributed by atoms with Crippen molar-refractivity contribution in [3.63, 3.8) is 0 Å². The fraction of sp³-hybridized carbons (Fsp3) is 0.214. The van der Waals surface area contributed by atoms with Crippen molar-refractivity contribution in [3.8, 4) is 0 Å². The van der Waals surface area contributed by atoms with E-state index in [1.165, 1.54) is 18.3 Å². The summed E-state index contributed by atoms with van der Waals surface area (Å²) in [5, 5.41) is 2.91. The van der Waals surface area contributed by atoms with Crippen LogP contribution in [-0.4, -0.2) is 4.98 Å². The Hall–Kier alpha value is -1.63. The third-order valence-corrected chi connectivity index (χ3v) is 3.58. The predicted octanol–water partition coefficient (Wildman–Crippen LogP) is 5.18. The molecular weight excluding hydrogens is 352 g/mol. The van der Waals surface area contributed by atoms with Crippen LogP contribution >= 0.6 is 15.9 Å². The van der Waals surface area contributed by atoms with E-state index in [1.807, 2.05) is 0 Å². The number of rotatable bonds is 3. The van der Waals surface area contributed by atoms with Gasteiger partial charge >= 0.3 is 6.18 Å². The number of halogens is 5. The summed E-state index contributed by atoms with van der Waals surface area (Å²) in [6.45, 7) is 1.71. The Balaban J connectivity index is 2.26. The Morgan fingerprint density at radius 2 is 1.90 bits per heavy atom. The van der Waals surface area contributed by atoms with Gasteiger partial charge in [-0.15, -0.1) is 0 Å². The minimum absolute atomic E-state index is 0.279. The van der Waals surface area contributed by atoms with Gasteiger partial charge in [0.2, 0.25) is 0 Å². The Labute approximate surface area is 127 Å². The zero-order valence-corrected chi connectivity index (χ0v) is 12.5. The van der Waals surface area contributed by atoms with Gasteiger partial charge < -0.3 is 5.32 Å². The highest BCUT2D eigenvalue weighted by Gasteiger charge is 2.31. The molecule has 0 saturated carbocycles. The second-order valence-electron chi connectivity index (χ2n) is 4.49. The average molecular weight is 363 g/mol. The van der Waals surface area contributed by atoms with Gasteiger partial charge in [0.25, 0.3) is 0 Å². The summed E-state index contributed by atoms with van der Waals surface area (Å²) in [6, 6.07) is 4.21. The first-order chi connectivity index (χ1) is 9.77. The van der Waals surface area contributed by atoms with E-state index in [0.717, 1.165) is 18.3 Å². The van der Waals surface area contributed by atoms with Crippen molar-refractivity contribution >= 4 is 21.6 Å². The minimum atomic E-state index is -4.42. The largest absolute Gasteiger partial charge is 0.416 e. The van der Waals surface area contributed by atoms with Crippen molar-refractivity contribution < 1.29 is 17.6 Å². The fourth-order valence-corrected chi connectivity index (χ4v) is 2.15. The number of benzene rings is 1. The van der Waals surface area contributed by atoms with E-state index >= 15 is 0 Å². The molecule has 0 bridgehead atoms. The molecule has 21 heavy (non-hydrogen) atoms. The average Bonchev–Trinajstić information content (AvgIpc) is 2.40. The molecule has 0 aliphatic carbocycles. The van der Waals surface area contributed by atoms with Crippen molar-refractivity contribution in [3.05, 3.63) is 58.1 Å². The predicted molar refractivity (Wildman–Crippen MR) is 75.4 cm³/mol. The normalized spacial score (nSPS) is 13.0. The van der Waals surface area contributed by atoms with Gasteiger partial charge in [0.15, 0.2) is 0 Å². The Morgan fingerprint density at radius 1 is 1.19 bits per heavy atom. The highest BCUT2D eigenvalue weighted by atomic mass is 79.9. The summed E-state index contributed by atoms with van der Waals surface area (Å²) >= 11 is 3.19. The molecule has 1 aromatic carbocycles. The molecule has 0 spiro atoms. The number of hydrogen-bond donors (Lipinski definition) is 1. The second kappa shape index (κ2) is 6.01. The van der Waals surface area contributed by atoms with Crippen LogP contribution in [0.15, 0.2) is 41.1 Å². The quantitative estimate of drug-likeness (QED) is 0.761. The Bertz CT molecular complexity index is 643. The van der Waals surface area contributed by atoms with Crippen LogP contribution in [0, 0.1) is 5.82 Å². The maximum absolute atomic E-state index is 13.1. The molecule has 0 amide bonds. The van der Waals surface area contributed by atoms with Crippen LogP contribution in [0.2, 0.25) is 0 Å². The van der Waals surface area contributed by atoms with Gasteiger partial charge in [0, 0.05) is 16.4 Å². The summed E-state index contributed by atoms with van der Waals surface area (Å²) in [4.78, 5) is 3.72. The smallest absolute Gasteiger partial charge is 0.378 e. The van der Waals surface area contributed by atoms with Crippen LogP contribution in [-0.2, 0) is 6.18 Å². The van der Waals surface area contributed by atoms with Crippen molar-refractivity contribution in [1.82, 2.24) is 4.98 Å². The lowest BCUT2D eigenvalue weighted by molar-refractivity contribution is -0.137. The molecule has 7 heteroatoms. The SMILES string of the molecule is CC(Nc1cc(C(F)(F)F)ccc1Br)c1cncc(F)c1. The number of hydrogen-bond acceptors (Lipinski definition) is 2. The Morgan fingerprint density at radius 3 is 2.52 bits per heavy atom. The molecule has 2 rings (SSSR count). The van der Waals surface area contributed by atoms with E-state index in [1.54, 1.807) is 6.92 Å². The van der Waals surface area contributed by atoms with E-state index in [0.29, 0.717) is 10.0 Å². The standard InChI is InChI=1S/C14H11BrF4N2/c1-8(9-4-11(16)7-20-6-9)21-13-5-10(14(17,18)19)2-3-12(13)15/h2-8,21H,1H3. The van der Waals surface area contributed by atoms with Gasteiger partial charge in [-0.25, -0.2) is 4.39 Å². The number of aromatic nitrogens is 1. The van der Waals surface area contributed by atoms with E-state index in [4.69, 9.17) is 0 Å². The van der Waals surface area contributed by atoms with Gasteiger partial charge in [0.05, 0.1) is 17.8 Å². The highest BCUT2D eigenvalue weighted by molar-refractivity contribution is 9.10. The molecule has 0 saturated heterocycles. The highest BCUT2D eigenvalue weighted by Crippen LogP contribution is 2.35. The lowest BCUT2D eigenvalue weighted by Gasteiger charge is -2.18. The van der Waals surface area contributed by atoms with Crippen LogP contribution in [0.4, 0.5) is 23.2 Å². The molecule has 2 aromatic rings. The molecule has 1 unspecified atom stereocenters. The van der Waals surface area contributed by atoms with Gasteiger partial charge in [-0.1, -0.05) is 0 Å². The maximum atomic E-state index is 13.1. The van der Waals surface area contributed by atoms with E-state index in [2.05, 4.69) is 26.2 Å². The molecule has 0 fully saturated rings. The maximum Gasteiger partial charge on any atom is 0.416 e. The minimum Gasteiger partial charge on any atom is -0.378 e. The lowest BCUT2D eigenvalue weighted by Crippen LogP contribution is -2.10. The monoisotopic (exact) mass is 362 g/mol. The molecule has 2 nitrogen and oxygen atoms in total. The van der Waals surface area contributed by atoms with Crippen molar-refractivity contribution in [1.29, 1.82) is 0 Å². The van der Waals surface area contributed by atoms with Crippen LogP contribution in [0.1, 0.15) is 24.1 Å². The van der Waals surface area contributed by atoms with E-state index in [-0.39, 0.29) is 5.69 Å². The van der Waals surface area contributed by atoms with Crippen molar-refractivity contribution in [2.24, 2.45) is 0 Å². The van der Waals surface area contributed by atoms with Gasteiger partial charge in [-0.3, -0.25) is 4.98 Å². The van der Waals surface area contributed by atoms with Crippen LogP contribution in [0.3, 0.4) is 0 Å². The topological polar surface area (TPSA) is 24.9 Å². The van der Waals surface area contributed by atoms with Gasteiger partial charge in [0.1, 0.15) is 5.82 Å². The van der Waals surface area contributed by atoms with Crippen LogP contribution < -0.4 is 5.32 Å². The number of anilines is 1. The summed E-state index contributed by atoms with van der Waals surface area (Å²) in [5.74, 6) is -0.496. The first kappa shape index (κ1) is 15.8. The molecule has 0 aliphatic rings. The summed E-state index contributed by atoms with van der Waals surface area (Å²) in [6.07, 6.45) is -1.89. The number of alkyl halides is 3. The number of nitrogens with one attached hydrogen (secondary N) is 1. The molecule has 0 radical (unpaired) electrons. The Kier molecular flexibility index (Phi) is 4.51. The molecule has 112 valence electrons. The van der Waals surface area contributed by atoms with Crippen LogP contribution in [0.5, 0.6) is 0 Å². The zero-order chi connectivity index (χ0) is 15.6. The molecule has 1 N–H and O–H groups in total. The zero-order valence-electron chi connectivity index (χ0n) is 10.9. The van der Waals surface area contributed by atoms with Crippen molar-refractivity contribution in [2.75, 3.05) is 5.32 Å². The summed E-state index contributed by atoms with van der Waals surface area (Å²) < 4.78 is 51.7. The third-order valence-electron chi connectivity index (χ3n) is 2.89. The second-order valence-corrected chi connectivity index (χ2v) is 5.35. The van der Waals surface area contributed by atoms with Gasteiger partial charge in [-0.2, -0.15) is 13.2 Å². The molecule has 1 atom stereocenters. The molecule has 1 heterocycles. The fourth-order valence-electron chi connectivity index (χ4n) is 1.79. The first-order valence-corrected chi connectivity index (χ1v) is 6.80. The summed E-state index contributed by atoms with van der Waals surface area (Å²) in [7, 11) is 0. The third kappa shape index (κ3) is 3.93. The van der Waals surface area contributed by atoms with E-state index < -0.39 is 23.6 Å². The van der Waals surface area contributed by atoms with Crippen LogP contribution in [0.25, 0.3) is 0 Å². The molecular formula is C14H11BrF4N2. The summed E-state index contributed by atoms with van der Waals surface area (Å²) in [5.41, 5.74) is 0.0682. The molecule has 1 aromatic heterocycles. The molecule has 0 aliphatic heterocycles.